The Balaban J connectivity index is 1.54. The van der Waals surface area contributed by atoms with Crippen LogP contribution in [-0.2, 0) is 22.6 Å². The minimum absolute atomic E-state index is 0.0162. The molecule has 33 heavy (non-hydrogen) atoms. The Labute approximate surface area is 186 Å². The molecule has 2 aromatic carbocycles. The standard InChI is InChI=1S/C21H20F6N2O3S/c22-20(23,24)16-3-1-2-14(12-16)13-29-10-8-17(9-11-29)28-19(30)15-4-6-18(7-5-15)33(31,32)21(25,26)27/h1-7,12,17H,8-11,13H2,(H,28,30). The smallest absolute Gasteiger partial charge is 0.349 e. The van der Waals surface area contributed by atoms with Crippen LogP contribution in [0.1, 0.15) is 34.3 Å². The number of hydrogen-bond donors (Lipinski definition) is 1. The molecule has 1 aliphatic heterocycles. The monoisotopic (exact) mass is 494 g/mol. The summed E-state index contributed by atoms with van der Waals surface area (Å²) in [5, 5.41) is 2.75. The van der Waals surface area contributed by atoms with Gasteiger partial charge in [-0.05, 0) is 48.7 Å². The van der Waals surface area contributed by atoms with Crippen molar-refractivity contribution in [1.82, 2.24) is 10.2 Å². The third kappa shape index (κ3) is 6.05. The number of carbonyl (C=O) groups is 1. The minimum atomic E-state index is -5.49. The average molecular weight is 494 g/mol. The van der Waals surface area contributed by atoms with E-state index in [2.05, 4.69) is 5.32 Å². The molecule has 180 valence electrons. The van der Waals surface area contributed by atoms with E-state index in [0.29, 0.717) is 38.0 Å². The Morgan fingerprint density at radius 2 is 1.58 bits per heavy atom. The van der Waals surface area contributed by atoms with Crippen molar-refractivity contribution >= 4 is 15.7 Å². The molecule has 0 saturated carbocycles. The molecular weight excluding hydrogens is 474 g/mol. The highest BCUT2D eigenvalue weighted by Crippen LogP contribution is 2.31. The van der Waals surface area contributed by atoms with Crippen molar-refractivity contribution in [1.29, 1.82) is 0 Å². The van der Waals surface area contributed by atoms with Crippen molar-refractivity contribution in [2.75, 3.05) is 13.1 Å². The number of alkyl halides is 6. The lowest BCUT2D eigenvalue weighted by atomic mass is 10.0. The first kappa shape index (κ1) is 25.0. The molecule has 1 N–H and O–H groups in total. The van der Waals surface area contributed by atoms with E-state index in [-0.39, 0.29) is 11.6 Å². The van der Waals surface area contributed by atoms with Crippen molar-refractivity contribution in [2.24, 2.45) is 0 Å². The maximum Gasteiger partial charge on any atom is 0.501 e. The minimum Gasteiger partial charge on any atom is -0.349 e. The normalized spacial score (nSPS) is 16.5. The highest BCUT2D eigenvalue weighted by molar-refractivity contribution is 7.92. The molecule has 1 amide bonds. The molecule has 0 spiro atoms. The van der Waals surface area contributed by atoms with E-state index in [9.17, 15) is 39.6 Å². The third-order valence-electron chi connectivity index (χ3n) is 5.31. The number of piperidine rings is 1. The van der Waals surface area contributed by atoms with Gasteiger partial charge in [0.15, 0.2) is 0 Å². The molecule has 0 unspecified atom stereocenters. The number of rotatable bonds is 5. The van der Waals surface area contributed by atoms with Gasteiger partial charge in [0.25, 0.3) is 15.7 Å². The fourth-order valence-electron chi connectivity index (χ4n) is 3.53. The van der Waals surface area contributed by atoms with Crippen LogP contribution in [0.4, 0.5) is 26.3 Å². The second-order valence-corrected chi connectivity index (χ2v) is 9.64. The zero-order valence-electron chi connectivity index (χ0n) is 17.1. The quantitative estimate of drug-likeness (QED) is 0.627. The molecule has 1 fully saturated rings. The predicted molar refractivity (Wildman–Crippen MR) is 107 cm³/mol. The van der Waals surface area contributed by atoms with Gasteiger partial charge in [0, 0.05) is 31.2 Å². The number of benzene rings is 2. The van der Waals surface area contributed by atoms with Crippen LogP contribution in [0.15, 0.2) is 53.4 Å². The SMILES string of the molecule is O=C(NC1CCN(Cc2cccc(C(F)(F)F)c2)CC1)c1ccc(S(=O)(=O)C(F)(F)F)cc1. The summed E-state index contributed by atoms with van der Waals surface area (Å²) >= 11 is 0. The summed E-state index contributed by atoms with van der Waals surface area (Å²) in [5.74, 6) is -0.553. The summed E-state index contributed by atoms with van der Waals surface area (Å²) in [6.07, 6.45) is -3.35. The Kier molecular flexibility index (Phi) is 7.08. The van der Waals surface area contributed by atoms with Gasteiger partial charge in [-0.3, -0.25) is 9.69 Å². The van der Waals surface area contributed by atoms with Gasteiger partial charge in [-0.25, -0.2) is 8.42 Å². The van der Waals surface area contributed by atoms with Crippen LogP contribution >= 0.6 is 0 Å². The van der Waals surface area contributed by atoms with E-state index >= 15 is 0 Å². The molecule has 2 aromatic rings. The third-order valence-corrected chi connectivity index (χ3v) is 6.82. The molecule has 5 nitrogen and oxygen atoms in total. The highest BCUT2D eigenvalue weighted by atomic mass is 32.2. The van der Waals surface area contributed by atoms with Gasteiger partial charge in [-0.2, -0.15) is 26.3 Å². The van der Waals surface area contributed by atoms with E-state index in [0.717, 1.165) is 36.4 Å². The van der Waals surface area contributed by atoms with Gasteiger partial charge < -0.3 is 5.32 Å². The van der Waals surface area contributed by atoms with E-state index in [1.54, 1.807) is 6.07 Å². The Morgan fingerprint density at radius 3 is 2.12 bits per heavy atom. The summed E-state index contributed by atoms with van der Waals surface area (Å²) in [4.78, 5) is 13.4. The zero-order chi connectivity index (χ0) is 24.4. The highest BCUT2D eigenvalue weighted by Gasteiger charge is 2.46. The lowest BCUT2D eigenvalue weighted by Gasteiger charge is -2.32. The predicted octanol–water partition coefficient (Wildman–Crippen LogP) is 4.39. The molecule has 0 radical (unpaired) electrons. The second-order valence-electron chi connectivity index (χ2n) is 7.70. The lowest BCUT2D eigenvalue weighted by Crippen LogP contribution is -2.44. The summed E-state index contributed by atoms with van der Waals surface area (Å²) in [5.41, 5.74) is -5.60. The van der Waals surface area contributed by atoms with Gasteiger partial charge in [0.05, 0.1) is 10.5 Å². The molecule has 1 heterocycles. The summed E-state index contributed by atoms with van der Waals surface area (Å²) in [6, 6.07) is 8.35. The number of nitrogens with one attached hydrogen (secondary N) is 1. The Hall–Kier alpha value is -2.60. The van der Waals surface area contributed by atoms with Crippen LogP contribution < -0.4 is 5.32 Å². The van der Waals surface area contributed by atoms with Gasteiger partial charge in [0.1, 0.15) is 0 Å². The first-order chi connectivity index (χ1) is 15.3. The second kappa shape index (κ2) is 9.34. The van der Waals surface area contributed by atoms with Crippen LogP contribution in [0.25, 0.3) is 0 Å². The summed E-state index contributed by atoms with van der Waals surface area (Å²) in [7, 11) is -5.49. The van der Waals surface area contributed by atoms with Gasteiger partial charge >= 0.3 is 11.7 Å². The Bertz CT molecular complexity index is 1090. The lowest BCUT2D eigenvalue weighted by molar-refractivity contribution is -0.137. The molecular formula is C21H20F6N2O3S. The maximum absolute atomic E-state index is 12.9. The van der Waals surface area contributed by atoms with Gasteiger partial charge in [-0.1, -0.05) is 18.2 Å². The number of carbonyl (C=O) groups excluding carboxylic acids is 1. The van der Waals surface area contributed by atoms with Crippen LogP contribution in [0.3, 0.4) is 0 Å². The average Bonchev–Trinajstić information content (AvgIpc) is 2.74. The molecule has 0 bridgehead atoms. The molecule has 0 aliphatic carbocycles. The molecule has 1 aliphatic rings. The van der Waals surface area contributed by atoms with E-state index in [4.69, 9.17) is 0 Å². The first-order valence-corrected chi connectivity index (χ1v) is 11.4. The van der Waals surface area contributed by atoms with Crippen LogP contribution in [0.2, 0.25) is 0 Å². The number of nitrogens with zero attached hydrogens (tertiary/aromatic N) is 1. The summed E-state index contributed by atoms with van der Waals surface area (Å²) < 4.78 is 99.2. The maximum atomic E-state index is 12.9. The largest absolute Gasteiger partial charge is 0.501 e. The van der Waals surface area contributed by atoms with Crippen molar-refractivity contribution < 1.29 is 39.6 Å². The van der Waals surface area contributed by atoms with Crippen molar-refractivity contribution in [3.63, 3.8) is 0 Å². The fraction of sp³-hybridized carbons (Fsp3) is 0.381. The van der Waals surface area contributed by atoms with Crippen molar-refractivity contribution in [3.05, 3.63) is 65.2 Å². The van der Waals surface area contributed by atoms with E-state index in [1.165, 1.54) is 6.07 Å². The molecule has 0 aromatic heterocycles. The molecule has 0 atom stereocenters. The van der Waals surface area contributed by atoms with Crippen LogP contribution in [0.5, 0.6) is 0 Å². The van der Waals surface area contributed by atoms with Gasteiger partial charge in [0.2, 0.25) is 0 Å². The molecule has 1 saturated heterocycles. The first-order valence-electron chi connectivity index (χ1n) is 9.88. The van der Waals surface area contributed by atoms with E-state index < -0.39 is 37.9 Å². The van der Waals surface area contributed by atoms with Gasteiger partial charge in [-0.15, -0.1) is 0 Å². The summed E-state index contributed by atoms with van der Waals surface area (Å²) in [6.45, 7) is 1.40. The fourth-order valence-corrected chi connectivity index (χ4v) is 4.29. The van der Waals surface area contributed by atoms with Crippen LogP contribution in [0, 0.1) is 0 Å². The number of likely N-dealkylation sites (tertiary alicyclic amines) is 1. The van der Waals surface area contributed by atoms with E-state index in [1.807, 2.05) is 4.90 Å². The molecule has 12 heteroatoms. The number of sulfone groups is 1. The van der Waals surface area contributed by atoms with Crippen molar-refractivity contribution in [2.45, 2.75) is 42.0 Å². The number of halogens is 6. The topological polar surface area (TPSA) is 66.5 Å². The van der Waals surface area contributed by atoms with Crippen molar-refractivity contribution in [3.8, 4) is 0 Å². The Morgan fingerprint density at radius 1 is 0.970 bits per heavy atom. The number of hydrogen-bond acceptors (Lipinski definition) is 4. The zero-order valence-corrected chi connectivity index (χ0v) is 17.9. The van der Waals surface area contributed by atoms with Crippen LogP contribution in [-0.4, -0.2) is 43.9 Å². The number of amides is 1. The molecule has 3 rings (SSSR count).